The van der Waals surface area contributed by atoms with Gasteiger partial charge in [0.15, 0.2) is 0 Å². The average Bonchev–Trinajstić information content (AvgIpc) is 3.10. The van der Waals surface area contributed by atoms with Gasteiger partial charge in [-0.1, -0.05) is 18.2 Å². The lowest BCUT2D eigenvalue weighted by atomic mass is 9.86. The molecule has 0 saturated carbocycles. The molecule has 3 nitrogen and oxygen atoms in total. The van der Waals surface area contributed by atoms with E-state index in [0.29, 0.717) is 5.41 Å². The van der Waals surface area contributed by atoms with Gasteiger partial charge >= 0.3 is 0 Å². The van der Waals surface area contributed by atoms with E-state index in [-0.39, 0.29) is 5.60 Å². The van der Waals surface area contributed by atoms with Crippen LogP contribution in [-0.2, 0) is 13.0 Å². The van der Waals surface area contributed by atoms with E-state index in [0.717, 1.165) is 18.7 Å². The summed E-state index contributed by atoms with van der Waals surface area (Å²) >= 11 is 0. The topological polar surface area (TPSA) is 24.5 Å². The van der Waals surface area contributed by atoms with Gasteiger partial charge in [-0.3, -0.25) is 4.90 Å². The van der Waals surface area contributed by atoms with Crippen LogP contribution in [-0.4, -0.2) is 36.7 Å². The summed E-state index contributed by atoms with van der Waals surface area (Å²) in [5.74, 6) is 1.16. The Labute approximate surface area is 127 Å². The highest BCUT2D eigenvalue weighted by atomic mass is 16.5. The molecular weight excluding hydrogens is 260 g/mol. The van der Waals surface area contributed by atoms with Gasteiger partial charge in [-0.2, -0.15) is 0 Å². The summed E-state index contributed by atoms with van der Waals surface area (Å²) in [6, 6.07) is 6.67. The van der Waals surface area contributed by atoms with Crippen molar-refractivity contribution >= 4 is 0 Å². The van der Waals surface area contributed by atoms with Crippen molar-refractivity contribution in [2.75, 3.05) is 26.2 Å². The third-order valence-corrected chi connectivity index (χ3v) is 5.42. The maximum Gasteiger partial charge on any atom is 0.127 e. The minimum atomic E-state index is -0.0416. The molecule has 1 aromatic carbocycles. The van der Waals surface area contributed by atoms with Gasteiger partial charge in [0.2, 0.25) is 0 Å². The highest BCUT2D eigenvalue weighted by Gasteiger charge is 2.40. The zero-order valence-corrected chi connectivity index (χ0v) is 13.2. The molecule has 1 N–H and O–H groups in total. The van der Waals surface area contributed by atoms with E-state index in [4.69, 9.17) is 4.74 Å². The van der Waals surface area contributed by atoms with E-state index in [1.807, 2.05) is 0 Å². The van der Waals surface area contributed by atoms with Crippen molar-refractivity contribution in [1.82, 2.24) is 10.2 Å². The fourth-order valence-electron chi connectivity index (χ4n) is 4.35. The Morgan fingerprint density at radius 2 is 2.19 bits per heavy atom. The van der Waals surface area contributed by atoms with Crippen LogP contribution in [0.1, 0.15) is 37.8 Å². The fraction of sp³-hybridized carbons (Fsp3) is 0.667. The number of nitrogens with one attached hydrogen (secondary N) is 1. The summed E-state index contributed by atoms with van der Waals surface area (Å²) < 4.78 is 6.21. The average molecular weight is 286 g/mol. The third kappa shape index (κ3) is 2.47. The molecule has 3 aliphatic heterocycles. The number of likely N-dealkylation sites (tertiary alicyclic amines) is 1. The number of hydrogen-bond donors (Lipinski definition) is 1. The van der Waals surface area contributed by atoms with E-state index in [1.54, 1.807) is 0 Å². The Morgan fingerprint density at radius 1 is 1.29 bits per heavy atom. The molecule has 4 rings (SSSR count). The van der Waals surface area contributed by atoms with Crippen molar-refractivity contribution in [3.8, 4) is 5.75 Å². The first-order chi connectivity index (χ1) is 10.1. The van der Waals surface area contributed by atoms with Gasteiger partial charge in [-0.25, -0.2) is 0 Å². The zero-order chi connectivity index (χ0) is 14.5. The van der Waals surface area contributed by atoms with Crippen LogP contribution in [0.25, 0.3) is 0 Å². The van der Waals surface area contributed by atoms with Crippen LogP contribution in [0.15, 0.2) is 18.2 Å². The normalized spacial score (nSPS) is 30.8. The smallest absolute Gasteiger partial charge is 0.127 e. The number of fused-ring (bicyclic) bond motifs is 1. The van der Waals surface area contributed by atoms with Crippen LogP contribution in [0.5, 0.6) is 5.75 Å². The number of nitrogens with zero attached hydrogens (tertiary/aromatic N) is 1. The van der Waals surface area contributed by atoms with Crippen LogP contribution in [0.3, 0.4) is 0 Å². The summed E-state index contributed by atoms with van der Waals surface area (Å²) in [4.78, 5) is 2.62. The molecule has 0 aromatic heterocycles. The first-order valence-electron chi connectivity index (χ1n) is 8.28. The molecule has 3 heteroatoms. The predicted octanol–water partition coefficient (Wildman–Crippen LogP) is 2.59. The van der Waals surface area contributed by atoms with E-state index in [1.165, 1.54) is 50.1 Å². The lowest BCUT2D eigenvalue weighted by Gasteiger charge is -2.24. The number of hydrogen-bond acceptors (Lipinski definition) is 3. The predicted molar refractivity (Wildman–Crippen MR) is 84.7 cm³/mol. The first-order valence-corrected chi connectivity index (χ1v) is 8.28. The van der Waals surface area contributed by atoms with Gasteiger partial charge in [0.05, 0.1) is 0 Å². The molecular formula is C18H26N2O. The molecule has 2 fully saturated rings. The van der Waals surface area contributed by atoms with Crippen LogP contribution >= 0.6 is 0 Å². The summed E-state index contributed by atoms with van der Waals surface area (Å²) in [6.45, 7) is 10.3. The highest BCUT2D eigenvalue weighted by molar-refractivity contribution is 5.45. The molecule has 0 aliphatic carbocycles. The summed E-state index contributed by atoms with van der Waals surface area (Å²) in [7, 11) is 0. The molecule has 1 spiro atoms. The molecule has 21 heavy (non-hydrogen) atoms. The molecule has 1 aromatic rings. The minimum absolute atomic E-state index is 0.0416. The lowest BCUT2D eigenvalue weighted by Crippen LogP contribution is -2.29. The summed E-state index contributed by atoms with van der Waals surface area (Å²) in [5, 5.41) is 3.54. The SMILES string of the molecule is CC1(C)Cc2cccc(CN3CCC4(CCNC4)C3)c2O1. The van der Waals surface area contributed by atoms with Gasteiger partial charge in [0, 0.05) is 31.6 Å². The zero-order valence-electron chi connectivity index (χ0n) is 13.2. The molecule has 3 aliphatic rings. The van der Waals surface area contributed by atoms with Crippen LogP contribution in [0.2, 0.25) is 0 Å². The molecule has 3 heterocycles. The van der Waals surface area contributed by atoms with Crippen molar-refractivity contribution in [1.29, 1.82) is 0 Å². The van der Waals surface area contributed by atoms with E-state index in [2.05, 4.69) is 42.3 Å². The van der Waals surface area contributed by atoms with Gasteiger partial charge < -0.3 is 10.1 Å². The molecule has 2 saturated heterocycles. The molecule has 1 unspecified atom stereocenters. The van der Waals surface area contributed by atoms with Crippen molar-refractivity contribution in [2.45, 2.75) is 45.3 Å². The monoisotopic (exact) mass is 286 g/mol. The molecule has 0 amide bonds. The Bertz CT molecular complexity index is 546. The first kappa shape index (κ1) is 13.6. The second-order valence-corrected chi connectivity index (χ2v) is 7.83. The highest BCUT2D eigenvalue weighted by Crippen LogP contribution is 2.40. The fourth-order valence-corrected chi connectivity index (χ4v) is 4.35. The van der Waals surface area contributed by atoms with Gasteiger partial charge in [-0.15, -0.1) is 0 Å². The quantitative estimate of drug-likeness (QED) is 0.904. The van der Waals surface area contributed by atoms with Crippen molar-refractivity contribution in [3.63, 3.8) is 0 Å². The van der Waals surface area contributed by atoms with Gasteiger partial charge in [-0.05, 0) is 50.8 Å². The van der Waals surface area contributed by atoms with Crippen molar-refractivity contribution < 1.29 is 4.74 Å². The summed E-state index contributed by atoms with van der Waals surface area (Å²) in [5.41, 5.74) is 3.27. The second kappa shape index (κ2) is 4.72. The number of benzene rings is 1. The maximum absolute atomic E-state index is 6.21. The number of rotatable bonds is 2. The van der Waals surface area contributed by atoms with Crippen molar-refractivity contribution in [2.24, 2.45) is 5.41 Å². The summed E-state index contributed by atoms with van der Waals surface area (Å²) in [6.07, 6.45) is 3.73. The molecule has 0 bridgehead atoms. The standard InChI is InChI=1S/C18H26N2O/c1-17(2)10-14-4-3-5-15(16(14)21-17)11-20-9-7-18(13-20)6-8-19-12-18/h3-5,19H,6-13H2,1-2H3. The number of para-hydroxylation sites is 1. The second-order valence-electron chi connectivity index (χ2n) is 7.83. The van der Waals surface area contributed by atoms with Crippen LogP contribution < -0.4 is 10.1 Å². The van der Waals surface area contributed by atoms with Crippen LogP contribution in [0, 0.1) is 5.41 Å². The Kier molecular flexibility index (Phi) is 3.05. The Hall–Kier alpha value is -1.06. The van der Waals surface area contributed by atoms with Gasteiger partial charge in [0.25, 0.3) is 0 Å². The molecule has 1 atom stereocenters. The van der Waals surface area contributed by atoms with E-state index in [9.17, 15) is 0 Å². The van der Waals surface area contributed by atoms with E-state index >= 15 is 0 Å². The van der Waals surface area contributed by atoms with E-state index < -0.39 is 0 Å². The van der Waals surface area contributed by atoms with Crippen molar-refractivity contribution in [3.05, 3.63) is 29.3 Å². The third-order valence-electron chi connectivity index (χ3n) is 5.42. The largest absolute Gasteiger partial charge is 0.487 e. The minimum Gasteiger partial charge on any atom is -0.487 e. The van der Waals surface area contributed by atoms with Crippen LogP contribution in [0.4, 0.5) is 0 Å². The molecule has 0 radical (unpaired) electrons. The number of ether oxygens (including phenoxy) is 1. The Morgan fingerprint density at radius 3 is 3.00 bits per heavy atom. The van der Waals surface area contributed by atoms with Gasteiger partial charge in [0.1, 0.15) is 11.4 Å². The molecule has 114 valence electrons. The lowest BCUT2D eigenvalue weighted by molar-refractivity contribution is 0.135. The Balaban J connectivity index is 1.51. The maximum atomic E-state index is 6.21.